The van der Waals surface area contributed by atoms with E-state index in [-0.39, 0.29) is 5.75 Å². The fourth-order valence-corrected chi connectivity index (χ4v) is 6.73. The van der Waals surface area contributed by atoms with Crippen molar-refractivity contribution in [2.75, 3.05) is 0 Å². The largest absolute Gasteiger partial charge is 0.289 e. The lowest BCUT2D eigenvalue weighted by molar-refractivity contribution is -0.135. The quantitative estimate of drug-likeness (QED) is 0.309. The molecular weight excluding hydrogens is 428 g/mol. The molecule has 3 N–H and O–H groups in total. The molecule has 0 bridgehead atoms. The lowest BCUT2D eigenvalue weighted by Gasteiger charge is -2.28. The van der Waals surface area contributed by atoms with Crippen molar-refractivity contribution >= 4 is 58.8 Å². The van der Waals surface area contributed by atoms with Crippen LogP contribution in [0.4, 0.5) is 0 Å². The van der Waals surface area contributed by atoms with Crippen LogP contribution in [0.15, 0.2) is 59.3 Å². The van der Waals surface area contributed by atoms with E-state index in [0.717, 1.165) is 20.2 Å². The average Bonchev–Trinajstić information content (AvgIpc) is 3.33. The average molecular weight is 447 g/mol. The number of carbonyl (C=O) groups excluding carboxylic acids is 1. The first-order valence-electron chi connectivity index (χ1n) is 8.71. The Hall–Kier alpha value is -2.30. The van der Waals surface area contributed by atoms with Crippen molar-refractivity contribution in [2.45, 2.75) is 18.2 Å². The van der Waals surface area contributed by atoms with E-state index in [1.807, 2.05) is 47.8 Å². The molecule has 1 atom stereocenters. The molecule has 4 aromatic rings. The van der Waals surface area contributed by atoms with E-state index in [4.69, 9.17) is 0 Å². The molecular formula is C20H18N2O4S3. The smallest absolute Gasteiger partial charge is 0.268 e. The molecule has 2 aromatic heterocycles. The number of fused-ring (bicyclic) bond motifs is 2. The summed E-state index contributed by atoms with van der Waals surface area (Å²) in [4.78, 5) is 12.6. The van der Waals surface area contributed by atoms with Gasteiger partial charge in [0, 0.05) is 15.0 Å². The lowest BCUT2D eigenvalue weighted by atomic mass is 9.92. The molecule has 2 heterocycles. The van der Waals surface area contributed by atoms with Gasteiger partial charge < -0.3 is 0 Å². The van der Waals surface area contributed by atoms with Gasteiger partial charge in [-0.25, -0.2) is 13.9 Å². The van der Waals surface area contributed by atoms with Crippen molar-refractivity contribution in [3.8, 4) is 0 Å². The highest BCUT2D eigenvalue weighted by molar-refractivity contribution is 7.88. The molecule has 150 valence electrons. The van der Waals surface area contributed by atoms with Crippen LogP contribution in [0.3, 0.4) is 0 Å². The van der Waals surface area contributed by atoms with Crippen molar-refractivity contribution in [1.82, 2.24) is 10.2 Å². The second-order valence-corrected chi connectivity index (χ2v) is 10.4. The third-order valence-electron chi connectivity index (χ3n) is 4.81. The van der Waals surface area contributed by atoms with Crippen molar-refractivity contribution < 1.29 is 18.4 Å². The van der Waals surface area contributed by atoms with Gasteiger partial charge in [-0.2, -0.15) is 4.72 Å². The topological polar surface area (TPSA) is 95.5 Å². The van der Waals surface area contributed by atoms with Gasteiger partial charge in [0.25, 0.3) is 5.91 Å². The first-order valence-corrected chi connectivity index (χ1v) is 12.1. The van der Waals surface area contributed by atoms with Gasteiger partial charge in [0.2, 0.25) is 10.0 Å². The van der Waals surface area contributed by atoms with Crippen LogP contribution in [0.2, 0.25) is 0 Å². The predicted octanol–water partition coefficient (Wildman–Crippen LogP) is 3.96. The molecule has 0 aliphatic rings. The summed E-state index contributed by atoms with van der Waals surface area (Å²) in [6.45, 7) is 1.45. The molecule has 0 aliphatic carbocycles. The maximum Gasteiger partial charge on any atom is 0.268 e. The first kappa shape index (κ1) is 20.0. The molecule has 9 heteroatoms. The van der Waals surface area contributed by atoms with Crippen LogP contribution in [0, 0.1) is 0 Å². The van der Waals surface area contributed by atoms with Gasteiger partial charge in [-0.15, -0.1) is 22.7 Å². The number of sulfonamides is 1. The fraction of sp³-hybridized carbons (Fsp3) is 0.150. The van der Waals surface area contributed by atoms with Crippen molar-refractivity contribution in [1.29, 1.82) is 0 Å². The molecule has 4 rings (SSSR count). The molecule has 1 unspecified atom stereocenters. The summed E-state index contributed by atoms with van der Waals surface area (Å²) < 4.78 is 30.5. The third-order valence-corrected chi connectivity index (χ3v) is 8.10. The summed E-state index contributed by atoms with van der Waals surface area (Å²) in [5.74, 6) is -1.13. The Morgan fingerprint density at radius 3 is 2.69 bits per heavy atom. The van der Waals surface area contributed by atoms with Gasteiger partial charge in [-0.1, -0.05) is 24.3 Å². The fourth-order valence-electron chi connectivity index (χ4n) is 3.37. The standard InChI is InChI=1S/C20H18N2O4S3/c1-20(19(23)21-24,16-11-28-18-5-3-2-4-15(16)18)22-29(25,26)12-13-6-7-17-14(10-13)8-9-27-17/h2-11,22,24H,12H2,1H3,(H,21,23). The van der Waals surface area contributed by atoms with Gasteiger partial charge in [-0.05, 0) is 58.3 Å². The minimum Gasteiger partial charge on any atom is -0.289 e. The molecule has 29 heavy (non-hydrogen) atoms. The van der Waals surface area contributed by atoms with Crippen LogP contribution < -0.4 is 10.2 Å². The maximum atomic E-state index is 13.0. The normalized spacial score (nSPS) is 14.1. The van der Waals surface area contributed by atoms with E-state index in [0.29, 0.717) is 11.1 Å². The molecule has 0 aliphatic heterocycles. The summed E-state index contributed by atoms with van der Waals surface area (Å²) in [5.41, 5.74) is 1.04. The monoisotopic (exact) mass is 446 g/mol. The minimum absolute atomic E-state index is 0.283. The van der Waals surface area contributed by atoms with E-state index in [1.54, 1.807) is 28.3 Å². The van der Waals surface area contributed by atoms with Crippen molar-refractivity contribution in [3.05, 3.63) is 70.4 Å². The number of benzene rings is 2. The van der Waals surface area contributed by atoms with E-state index in [2.05, 4.69) is 4.72 Å². The molecule has 0 spiro atoms. The number of amides is 1. The van der Waals surface area contributed by atoms with Crippen LogP contribution in [-0.4, -0.2) is 19.5 Å². The second-order valence-electron chi connectivity index (χ2n) is 6.87. The highest BCUT2D eigenvalue weighted by Crippen LogP contribution is 2.34. The summed E-state index contributed by atoms with van der Waals surface area (Å²) >= 11 is 2.99. The van der Waals surface area contributed by atoms with Crippen LogP contribution in [0.25, 0.3) is 20.2 Å². The number of hydroxylamine groups is 1. The van der Waals surface area contributed by atoms with E-state index >= 15 is 0 Å². The molecule has 0 radical (unpaired) electrons. The Morgan fingerprint density at radius 1 is 1.10 bits per heavy atom. The summed E-state index contributed by atoms with van der Waals surface area (Å²) in [7, 11) is -3.91. The Kier molecular flexibility index (Phi) is 5.18. The van der Waals surface area contributed by atoms with Gasteiger partial charge in [0.15, 0.2) is 0 Å². The van der Waals surface area contributed by atoms with E-state index in [9.17, 15) is 18.4 Å². The highest BCUT2D eigenvalue weighted by atomic mass is 32.2. The molecule has 0 fully saturated rings. The van der Waals surface area contributed by atoms with Crippen LogP contribution in [-0.2, 0) is 26.1 Å². The van der Waals surface area contributed by atoms with Crippen molar-refractivity contribution in [2.24, 2.45) is 0 Å². The Bertz CT molecular complexity index is 1310. The van der Waals surface area contributed by atoms with Crippen LogP contribution in [0.1, 0.15) is 18.1 Å². The van der Waals surface area contributed by atoms with Crippen molar-refractivity contribution in [3.63, 3.8) is 0 Å². The predicted molar refractivity (Wildman–Crippen MR) is 117 cm³/mol. The van der Waals surface area contributed by atoms with E-state index < -0.39 is 21.5 Å². The molecule has 0 saturated heterocycles. The first-order chi connectivity index (χ1) is 13.8. The van der Waals surface area contributed by atoms with Gasteiger partial charge in [-0.3, -0.25) is 10.0 Å². The van der Waals surface area contributed by atoms with Gasteiger partial charge in [0.05, 0.1) is 5.75 Å². The number of thiophene rings is 2. The van der Waals surface area contributed by atoms with E-state index in [1.165, 1.54) is 18.3 Å². The zero-order valence-electron chi connectivity index (χ0n) is 15.4. The number of rotatable bonds is 6. The molecule has 2 aromatic carbocycles. The Morgan fingerprint density at radius 2 is 1.90 bits per heavy atom. The Labute approximate surface area is 175 Å². The third kappa shape index (κ3) is 3.79. The summed E-state index contributed by atoms with van der Waals surface area (Å²) in [6, 6.07) is 14.8. The molecule has 6 nitrogen and oxygen atoms in total. The number of hydrogen-bond donors (Lipinski definition) is 3. The Balaban J connectivity index is 1.71. The SMILES string of the molecule is CC(NS(=O)(=O)Cc1ccc2sccc2c1)(C(=O)NO)c1csc2ccccc12. The lowest BCUT2D eigenvalue weighted by Crippen LogP contribution is -2.53. The molecule has 1 amide bonds. The maximum absolute atomic E-state index is 13.0. The molecule has 0 saturated carbocycles. The summed E-state index contributed by atoms with van der Waals surface area (Å²) in [6.07, 6.45) is 0. The zero-order chi connectivity index (χ0) is 20.6. The van der Waals surface area contributed by atoms with Crippen LogP contribution in [0.5, 0.6) is 0 Å². The van der Waals surface area contributed by atoms with Gasteiger partial charge >= 0.3 is 0 Å². The minimum atomic E-state index is -3.91. The van der Waals surface area contributed by atoms with Gasteiger partial charge in [0.1, 0.15) is 5.54 Å². The highest BCUT2D eigenvalue weighted by Gasteiger charge is 2.41. The second kappa shape index (κ2) is 7.51. The number of hydrogen-bond acceptors (Lipinski definition) is 6. The number of nitrogens with one attached hydrogen (secondary N) is 2. The summed E-state index contributed by atoms with van der Waals surface area (Å²) in [5, 5.41) is 14.7. The zero-order valence-corrected chi connectivity index (χ0v) is 17.8. The number of carbonyl (C=O) groups is 1. The van der Waals surface area contributed by atoms with Crippen LogP contribution >= 0.6 is 22.7 Å².